The van der Waals surface area contributed by atoms with E-state index in [0.717, 1.165) is 44.0 Å². The molecule has 1 unspecified atom stereocenters. The maximum absolute atomic E-state index is 13.0. The molecule has 21 heavy (non-hydrogen) atoms. The number of ether oxygens (including phenoxy) is 1. The molecular weight excluding hydrogens is 276 g/mol. The van der Waals surface area contributed by atoms with Crippen molar-refractivity contribution in [3.8, 4) is 5.75 Å². The second-order valence-corrected chi connectivity index (χ2v) is 5.28. The summed E-state index contributed by atoms with van der Waals surface area (Å²) in [6.45, 7) is 5.38. The van der Waals surface area contributed by atoms with Crippen molar-refractivity contribution in [3.05, 3.63) is 29.8 Å². The van der Waals surface area contributed by atoms with Crippen molar-refractivity contribution in [2.24, 2.45) is 0 Å². The van der Waals surface area contributed by atoms with Gasteiger partial charge in [-0.15, -0.1) is 0 Å². The molecule has 3 nitrogen and oxygen atoms in total. The van der Waals surface area contributed by atoms with Gasteiger partial charge in [0.1, 0.15) is 17.4 Å². The Bertz CT molecular complexity index is 402. The Kier molecular flexibility index (Phi) is 7.61. The molecule has 2 N–H and O–H groups in total. The Labute approximate surface area is 125 Å². The van der Waals surface area contributed by atoms with Crippen LogP contribution in [0.1, 0.15) is 39.5 Å². The van der Waals surface area contributed by atoms with E-state index in [1.807, 2.05) is 6.92 Å². The van der Waals surface area contributed by atoms with Gasteiger partial charge in [0.2, 0.25) is 0 Å². The fourth-order valence-electron chi connectivity index (χ4n) is 2.24. The molecule has 120 valence electrons. The first-order chi connectivity index (χ1) is 10.0. The highest BCUT2D eigenvalue weighted by Crippen LogP contribution is 2.19. The fraction of sp³-hybridized carbons (Fsp3) is 0.625. The van der Waals surface area contributed by atoms with E-state index >= 15 is 0 Å². The third-order valence-corrected chi connectivity index (χ3v) is 3.63. The molecule has 0 aromatic heterocycles. The lowest BCUT2D eigenvalue weighted by Crippen LogP contribution is -2.48. The number of rotatable bonds is 10. The van der Waals surface area contributed by atoms with Crippen molar-refractivity contribution in [1.29, 1.82) is 0 Å². The predicted molar refractivity (Wildman–Crippen MR) is 79.5 cm³/mol. The molecule has 0 spiro atoms. The smallest absolute Gasteiger partial charge is 0.129 e. The normalized spacial score (nSPS) is 14.0. The molecule has 0 aliphatic heterocycles. The van der Waals surface area contributed by atoms with Gasteiger partial charge in [0.05, 0.1) is 13.2 Å². The predicted octanol–water partition coefficient (Wildman–Crippen LogP) is 3.26. The number of halogens is 2. The molecule has 1 atom stereocenters. The molecule has 1 aromatic rings. The lowest BCUT2D eigenvalue weighted by atomic mass is 9.91. The largest absolute Gasteiger partial charge is 0.493 e. The fourth-order valence-corrected chi connectivity index (χ4v) is 2.24. The molecule has 0 saturated carbocycles. The first-order valence-electron chi connectivity index (χ1n) is 7.50. The van der Waals surface area contributed by atoms with Crippen LogP contribution in [-0.4, -0.2) is 30.4 Å². The Hall–Kier alpha value is -1.20. The highest BCUT2D eigenvalue weighted by Gasteiger charge is 2.25. The van der Waals surface area contributed by atoms with E-state index in [-0.39, 0.29) is 17.9 Å². The summed E-state index contributed by atoms with van der Waals surface area (Å²) in [5, 5.41) is 13.0. The van der Waals surface area contributed by atoms with Crippen molar-refractivity contribution in [2.45, 2.75) is 45.1 Å². The van der Waals surface area contributed by atoms with E-state index in [9.17, 15) is 13.9 Å². The highest BCUT2D eigenvalue weighted by molar-refractivity contribution is 5.23. The summed E-state index contributed by atoms with van der Waals surface area (Å²) in [4.78, 5) is 0. The number of nitrogens with one attached hydrogen (secondary N) is 1. The van der Waals surface area contributed by atoms with Crippen LogP contribution in [0.3, 0.4) is 0 Å². The molecule has 0 fully saturated rings. The van der Waals surface area contributed by atoms with Crippen LogP contribution in [0.15, 0.2) is 18.2 Å². The summed E-state index contributed by atoms with van der Waals surface area (Å²) in [5.74, 6) is -1.10. The Balaban J connectivity index is 2.43. The molecule has 0 aliphatic rings. The van der Waals surface area contributed by atoms with Crippen molar-refractivity contribution < 1.29 is 18.6 Å². The Morgan fingerprint density at radius 3 is 2.38 bits per heavy atom. The standard InChI is InChI=1S/C16H25F2NO2/c1-3-7-19-16(4-2,12-20)6-5-8-21-15-10-13(17)9-14(18)11-15/h9-11,19-20H,3-8,12H2,1-2H3. The SMILES string of the molecule is CCCNC(CC)(CO)CCCOc1cc(F)cc(F)c1. The average molecular weight is 301 g/mol. The second-order valence-electron chi connectivity index (χ2n) is 5.28. The summed E-state index contributed by atoms with van der Waals surface area (Å²) in [6, 6.07) is 3.14. The molecule has 0 heterocycles. The highest BCUT2D eigenvalue weighted by atomic mass is 19.1. The first kappa shape index (κ1) is 17.9. The van der Waals surface area contributed by atoms with Crippen LogP contribution in [0.5, 0.6) is 5.75 Å². The van der Waals surface area contributed by atoms with Crippen LogP contribution in [0, 0.1) is 11.6 Å². The van der Waals surface area contributed by atoms with Crippen LogP contribution in [0.4, 0.5) is 8.78 Å². The Morgan fingerprint density at radius 1 is 1.19 bits per heavy atom. The third-order valence-electron chi connectivity index (χ3n) is 3.63. The van der Waals surface area contributed by atoms with Gasteiger partial charge in [-0.1, -0.05) is 13.8 Å². The second kappa shape index (κ2) is 8.95. The molecule has 0 amide bonds. The van der Waals surface area contributed by atoms with Gasteiger partial charge in [0.25, 0.3) is 0 Å². The van der Waals surface area contributed by atoms with Gasteiger partial charge in [0, 0.05) is 23.7 Å². The topological polar surface area (TPSA) is 41.5 Å². The van der Waals surface area contributed by atoms with Crippen LogP contribution >= 0.6 is 0 Å². The van der Waals surface area contributed by atoms with E-state index in [1.54, 1.807) is 0 Å². The maximum Gasteiger partial charge on any atom is 0.129 e. The van der Waals surface area contributed by atoms with E-state index in [4.69, 9.17) is 4.74 Å². The lowest BCUT2D eigenvalue weighted by molar-refractivity contribution is 0.138. The van der Waals surface area contributed by atoms with Crippen molar-refractivity contribution in [1.82, 2.24) is 5.32 Å². The van der Waals surface area contributed by atoms with E-state index in [1.165, 1.54) is 0 Å². The summed E-state index contributed by atoms with van der Waals surface area (Å²) in [5.41, 5.74) is -0.299. The molecular formula is C16H25F2NO2. The summed E-state index contributed by atoms with van der Waals surface area (Å²) in [7, 11) is 0. The number of aliphatic hydroxyl groups is 1. The van der Waals surface area contributed by atoms with E-state index in [2.05, 4.69) is 12.2 Å². The number of aliphatic hydroxyl groups excluding tert-OH is 1. The first-order valence-corrected chi connectivity index (χ1v) is 7.50. The van der Waals surface area contributed by atoms with Gasteiger partial charge >= 0.3 is 0 Å². The summed E-state index contributed by atoms with van der Waals surface area (Å²) in [6.07, 6.45) is 3.26. The van der Waals surface area contributed by atoms with Gasteiger partial charge in [-0.2, -0.15) is 0 Å². The van der Waals surface area contributed by atoms with Crippen molar-refractivity contribution >= 4 is 0 Å². The van der Waals surface area contributed by atoms with Crippen LogP contribution < -0.4 is 10.1 Å². The number of hydrogen-bond acceptors (Lipinski definition) is 3. The molecule has 1 aromatic carbocycles. The quantitative estimate of drug-likeness (QED) is 0.652. The van der Waals surface area contributed by atoms with Gasteiger partial charge < -0.3 is 15.2 Å². The monoisotopic (exact) mass is 301 g/mol. The third kappa shape index (κ3) is 5.98. The summed E-state index contributed by atoms with van der Waals surface area (Å²) >= 11 is 0. The van der Waals surface area contributed by atoms with Gasteiger partial charge in [-0.3, -0.25) is 0 Å². The molecule has 1 rings (SSSR count). The van der Waals surface area contributed by atoms with Gasteiger partial charge in [0.15, 0.2) is 0 Å². The minimum atomic E-state index is -0.645. The molecule has 0 bridgehead atoms. The zero-order chi connectivity index (χ0) is 15.7. The zero-order valence-electron chi connectivity index (χ0n) is 12.8. The van der Waals surface area contributed by atoms with Crippen LogP contribution in [-0.2, 0) is 0 Å². The van der Waals surface area contributed by atoms with Crippen LogP contribution in [0.2, 0.25) is 0 Å². The zero-order valence-corrected chi connectivity index (χ0v) is 12.8. The summed E-state index contributed by atoms with van der Waals surface area (Å²) < 4.78 is 31.4. The number of hydrogen-bond donors (Lipinski definition) is 2. The van der Waals surface area contributed by atoms with Gasteiger partial charge in [-0.05, 0) is 32.2 Å². The lowest BCUT2D eigenvalue weighted by Gasteiger charge is -2.32. The molecule has 0 aliphatic carbocycles. The Morgan fingerprint density at radius 2 is 1.86 bits per heavy atom. The maximum atomic E-state index is 13.0. The molecule has 0 radical (unpaired) electrons. The molecule has 0 saturated heterocycles. The minimum absolute atomic E-state index is 0.0676. The van der Waals surface area contributed by atoms with Crippen molar-refractivity contribution in [3.63, 3.8) is 0 Å². The van der Waals surface area contributed by atoms with Crippen molar-refractivity contribution in [2.75, 3.05) is 19.8 Å². The molecule has 5 heteroatoms. The minimum Gasteiger partial charge on any atom is -0.493 e. The average Bonchev–Trinajstić information content (AvgIpc) is 2.46. The van der Waals surface area contributed by atoms with E-state index < -0.39 is 11.6 Å². The van der Waals surface area contributed by atoms with Crippen LogP contribution in [0.25, 0.3) is 0 Å². The number of benzene rings is 1. The van der Waals surface area contributed by atoms with Gasteiger partial charge in [-0.25, -0.2) is 8.78 Å². The van der Waals surface area contributed by atoms with E-state index in [0.29, 0.717) is 13.0 Å².